The summed E-state index contributed by atoms with van der Waals surface area (Å²) >= 11 is 0. The smallest absolute Gasteiger partial charge is 0.0580 e. The van der Waals surface area contributed by atoms with Crippen molar-refractivity contribution in [2.45, 2.75) is 121 Å². The first-order valence-electron chi connectivity index (χ1n) is 12.4. The summed E-state index contributed by atoms with van der Waals surface area (Å²) in [5.74, 6) is 0. The van der Waals surface area contributed by atoms with Gasteiger partial charge >= 0.3 is 0 Å². The predicted octanol–water partition coefficient (Wildman–Crippen LogP) is 7.93. The van der Waals surface area contributed by atoms with E-state index >= 15 is 0 Å². The number of rotatable bonds is 3. The number of allylic oxidation sites excluding steroid dienone is 1. The van der Waals surface area contributed by atoms with Gasteiger partial charge in [0.2, 0.25) is 0 Å². The Morgan fingerprint density at radius 2 is 1.47 bits per heavy atom. The van der Waals surface area contributed by atoms with E-state index in [1.165, 1.54) is 28.1 Å². The van der Waals surface area contributed by atoms with Gasteiger partial charge in [-0.3, -0.25) is 14.8 Å². The van der Waals surface area contributed by atoms with Gasteiger partial charge in [-0.25, -0.2) is 0 Å². The fourth-order valence-corrected chi connectivity index (χ4v) is 3.64. The fourth-order valence-electron chi connectivity index (χ4n) is 3.64. The van der Waals surface area contributed by atoms with E-state index in [1.807, 2.05) is 17.1 Å². The minimum Gasteiger partial charge on any atom is -0.285 e. The van der Waals surface area contributed by atoms with Crippen LogP contribution in [0, 0.1) is 5.41 Å². The first-order chi connectivity index (χ1) is 15.1. The Balaban J connectivity index is 0.000000473. The maximum atomic E-state index is 4.43. The predicted molar refractivity (Wildman–Crippen MR) is 150 cm³/mol. The zero-order chi connectivity index (χ0) is 25.4. The maximum absolute atomic E-state index is 4.43. The van der Waals surface area contributed by atoms with Crippen molar-refractivity contribution < 1.29 is 0 Å². The maximum Gasteiger partial charge on any atom is 0.0580 e. The highest BCUT2D eigenvalue weighted by Gasteiger charge is 2.22. The van der Waals surface area contributed by atoms with Crippen molar-refractivity contribution in [2.24, 2.45) is 10.4 Å². The average molecular weight is 472 g/mol. The minimum absolute atomic E-state index is 0. The highest BCUT2D eigenvalue weighted by Crippen LogP contribution is 2.29. The summed E-state index contributed by atoms with van der Waals surface area (Å²) in [4.78, 5) is 4.43. The Morgan fingerprint density at radius 3 is 1.79 bits per heavy atom. The lowest BCUT2D eigenvalue weighted by Gasteiger charge is -2.21. The third-order valence-corrected chi connectivity index (χ3v) is 5.73. The van der Waals surface area contributed by atoms with Crippen LogP contribution in [0.5, 0.6) is 0 Å². The van der Waals surface area contributed by atoms with Crippen molar-refractivity contribution in [3.05, 3.63) is 47.1 Å². The lowest BCUT2D eigenvalue weighted by molar-refractivity contribution is 0.524. The van der Waals surface area contributed by atoms with E-state index in [0.29, 0.717) is 0 Å². The number of hydrogen-bond acceptors (Lipinski definition) is 3. The van der Waals surface area contributed by atoms with E-state index < -0.39 is 0 Å². The van der Waals surface area contributed by atoms with Crippen LogP contribution in [0.25, 0.3) is 0 Å². The Hall–Kier alpha value is -2.17. The molecular weight excluding hydrogens is 418 g/mol. The van der Waals surface area contributed by atoms with Crippen molar-refractivity contribution in [1.82, 2.24) is 20.0 Å². The topological polar surface area (TPSA) is 58.9 Å². The molecule has 0 saturated heterocycles. The fraction of sp³-hybridized carbons (Fsp3) is 0.690. The number of nitrogens with one attached hydrogen (secondary N) is 1. The SMILES string of the molecule is C.CCC1=NCC=C1C(C)(C)C.CCc1[nH]ncc1C(C)(C)C.CCn1cc(C(C)(C)C)cn1. The number of aromatic amines is 1. The summed E-state index contributed by atoms with van der Waals surface area (Å²) in [7, 11) is 0. The number of aliphatic imine (C=N–C) groups is 1. The molecule has 0 spiro atoms. The van der Waals surface area contributed by atoms with E-state index in [0.717, 1.165) is 25.9 Å². The first-order valence-corrected chi connectivity index (χ1v) is 12.4. The Kier molecular flexibility index (Phi) is 12.2. The van der Waals surface area contributed by atoms with Gasteiger partial charge < -0.3 is 0 Å². The van der Waals surface area contributed by atoms with Gasteiger partial charge in [-0.2, -0.15) is 10.2 Å². The van der Waals surface area contributed by atoms with E-state index in [1.54, 1.807) is 0 Å². The summed E-state index contributed by atoms with van der Waals surface area (Å²) in [5.41, 5.74) is 7.38. The second-order valence-electron chi connectivity index (χ2n) is 11.7. The van der Waals surface area contributed by atoms with Crippen molar-refractivity contribution in [1.29, 1.82) is 0 Å². The van der Waals surface area contributed by atoms with Crippen molar-refractivity contribution in [3.8, 4) is 0 Å². The molecule has 1 N–H and O–H groups in total. The lowest BCUT2D eigenvalue weighted by atomic mass is 9.83. The van der Waals surface area contributed by atoms with E-state index in [-0.39, 0.29) is 23.7 Å². The Labute approximate surface area is 210 Å². The number of nitrogens with zero attached hydrogens (tertiary/aromatic N) is 4. The van der Waals surface area contributed by atoms with Gasteiger partial charge in [-0.15, -0.1) is 0 Å². The van der Waals surface area contributed by atoms with Crippen LogP contribution in [0.3, 0.4) is 0 Å². The molecule has 194 valence electrons. The van der Waals surface area contributed by atoms with Gasteiger partial charge in [0.05, 0.1) is 18.9 Å². The molecule has 34 heavy (non-hydrogen) atoms. The number of aryl methyl sites for hydroxylation is 2. The second-order valence-corrected chi connectivity index (χ2v) is 11.7. The molecule has 2 aromatic rings. The van der Waals surface area contributed by atoms with Crippen LogP contribution < -0.4 is 0 Å². The zero-order valence-corrected chi connectivity index (χ0v) is 23.4. The normalized spacial score (nSPS) is 13.6. The lowest BCUT2D eigenvalue weighted by Crippen LogP contribution is -2.15. The molecule has 0 aromatic carbocycles. The summed E-state index contributed by atoms with van der Waals surface area (Å²) < 4.78 is 1.96. The summed E-state index contributed by atoms with van der Waals surface area (Å²) in [6.07, 6.45) is 10.3. The van der Waals surface area contributed by atoms with Crippen LogP contribution in [-0.2, 0) is 23.8 Å². The van der Waals surface area contributed by atoms with Crippen LogP contribution in [0.4, 0.5) is 0 Å². The standard InChI is InChI=1S/C10H17N.2C9H16N2.CH4/c1-5-9-8(6-7-11-9)10(2,3)4;1-5-11-7-8(6-10-11)9(2,3)4;1-5-8-7(6-10-11-8)9(2,3)4;/h6H,5,7H2,1-4H3;6-7H,5H2,1-4H3;6H,5H2,1-4H3,(H,10,11);1H4. The molecule has 2 aromatic heterocycles. The first kappa shape index (κ1) is 31.8. The Bertz CT molecular complexity index is 905. The molecule has 0 bridgehead atoms. The van der Waals surface area contributed by atoms with E-state index in [4.69, 9.17) is 0 Å². The van der Waals surface area contributed by atoms with Crippen LogP contribution in [0.15, 0.2) is 35.2 Å². The molecule has 5 heteroatoms. The van der Waals surface area contributed by atoms with Crippen LogP contribution in [-0.4, -0.2) is 32.2 Å². The molecule has 0 radical (unpaired) electrons. The van der Waals surface area contributed by atoms with Gasteiger partial charge in [-0.1, -0.05) is 89.7 Å². The van der Waals surface area contributed by atoms with Crippen LogP contribution in [0.1, 0.15) is 114 Å². The zero-order valence-electron chi connectivity index (χ0n) is 23.4. The van der Waals surface area contributed by atoms with Gasteiger partial charge in [-0.05, 0) is 52.7 Å². The number of aromatic nitrogens is 4. The molecule has 0 amide bonds. The molecular formula is C29H53N5. The molecule has 0 unspecified atom stereocenters. The van der Waals surface area contributed by atoms with Crippen LogP contribution >= 0.6 is 0 Å². The highest BCUT2D eigenvalue weighted by atomic mass is 15.3. The van der Waals surface area contributed by atoms with Gasteiger partial charge in [0.25, 0.3) is 0 Å². The van der Waals surface area contributed by atoms with Crippen molar-refractivity contribution in [2.75, 3.05) is 6.54 Å². The molecule has 3 heterocycles. The molecule has 5 nitrogen and oxygen atoms in total. The van der Waals surface area contributed by atoms with E-state index in [2.05, 4.69) is 116 Å². The molecule has 3 rings (SSSR count). The molecule has 0 saturated carbocycles. The Morgan fingerprint density at radius 1 is 0.853 bits per heavy atom. The highest BCUT2D eigenvalue weighted by molar-refractivity contribution is 6.02. The third kappa shape index (κ3) is 9.60. The van der Waals surface area contributed by atoms with Crippen molar-refractivity contribution >= 4 is 5.71 Å². The molecule has 0 fully saturated rings. The number of H-pyrrole nitrogens is 1. The third-order valence-electron chi connectivity index (χ3n) is 5.73. The van der Waals surface area contributed by atoms with Crippen LogP contribution in [0.2, 0.25) is 0 Å². The van der Waals surface area contributed by atoms with Gasteiger partial charge in [0, 0.05) is 24.1 Å². The summed E-state index contributed by atoms with van der Waals surface area (Å²) in [5, 5.41) is 11.3. The molecule has 1 aliphatic rings. The second kappa shape index (κ2) is 13.1. The van der Waals surface area contributed by atoms with Gasteiger partial charge in [0.15, 0.2) is 0 Å². The van der Waals surface area contributed by atoms with Gasteiger partial charge in [0.1, 0.15) is 0 Å². The quantitative estimate of drug-likeness (QED) is 0.494. The summed E-state index contributed by atoms with van der Waals surface area (Å²) in [6, 6.07) is 0. The average Bonchev–Trinajstić information content (AvgIpc) is 3.47. The molecule has 0 atom stereocenters. The monoisotopic (exact) mass is 471 g/mol. The minimum atomic E-state index is 0. The van der Waals surface area contributed by atoms with Crippen molar-refractivity contribution in [3.63, 3.8) is 0 Å². The molecule has 1 aliphatic heterocycles. The number of hydrogen-bond donors (Lipinski definition) is 1. The van der Waals surface area contributed by atoms with E-state index in [9.17, 15) is 0 Å². The largest absolute Gasteiger partial charge is 0.285 e. The molecule has 0 aliphatic carbocycles. The summed E-state index contributed by atoms with van der Waals surface area (Å²) in [6.45, 7) is 28.2.